The molecule has 1 aromatic heterocycles. The van der Waals surface area contributed by atoms with Crippen LogP contribution in [-0.2, 0) is 10.0 Å². The van der Waals surface area contributed by atoms with Gasteiger partial charge in [0.05, 0.1) is 29.8 Å². The Labute approximate surface area is 200 Å². The van der Waals surface area contributed by atoms with Gasteiger partial charge in [-0.15, -0.1) is 12.4 Å². The molecule has 14 heteroatoms. The topological polar surface area (TPSA) is 112 Å². The van der Waals surface area contributed by atoms with E-state index in [1.165, 1.54) is 20.5 Å². The first-order valence-electron chi connectivity index (χ1n) is 9.57. The largest absolute Gasteiger partial charge is 0.493 e. The molecule has 0 aliphatic carbocycles. The van der Waals surface area contributed by atoms with Gasteiger partial charge in [-0.1, -0.05) is 0 Å². The molecule has 0 bridgehead atoms. The Morgan fingerprint density at radius 3 is 2.38 bits per heavy atom. The predicted molar refractivity (Wildman–Crippen MR) is 122 cm³/mol. The Morgan fingerprint density at radius 1 is 1.03 bits per heavy atom. The van der Waals surface area contributed by atoms with Crippen molar-refractivity contribution in [2.24, 2.45) is 0 Å². The number of hydrogen-bond acceptors (Lipinski definition) is 8. The Bertz CT molecular complexity index is 1260. The summed E-state index contributed by atoms with van der Waals surface area (Å²) in [5.41, 5.74) is 0.425. The van der Waals surface area contributed by atoms with Crippen LogP contribution in [0, 0.1) is 0 Å². The molecule has 0 amide bonds. The van der Waals surface area contributed by atoms with Crippen molar-refractivity contribution >= 4 is 44.8 Å². The smallest absolute Gasteiger partial charge is 0.422 e. The molecule has 0 fully saturated rings. The summed E-state index contributed by atoms with van der Waals surface area (Å²) < 4.78 is 80.5. The standard InChI is InChI=1S/C20H21F3N4O5S.ClH/c1-4-31-18-8-13-14(9-17(18)30-3)25-11-26-19(13)27-15-7-12(33(28,29)24-2)5-6-16(15)32-10-20(21,22)23;/h5-9,11,24H,4,10H2,1-3H3,(H,25,26,27);1H. The molecule has 9 nitrogen and oxygen atoms in total. The number of sulfonamides is 1. The lowest BCUT2D eigenvalue weighted by atomic mass is 10.2. The average molecular weight is 523 g/mol. The summed E-state index contributed by atoms with van der Waals surface area (Å²) in [5.74, 6) is 0.822. The highest BCUT2D eigenvalue weighted by Gasteiger charge is 2.29. The molecule has 1 heterocycles. The van der Waals surface area contributed by atoms with Crippen LogP contribution in [0.15, 0.2) is 41.6 Å². The fourth-order valence-electron chi connectivity index (χ4n) is 2.90. The van der Waals surface area contributed by atoms with E-state index in [9.17, 15) is 21.6 Å². The van der Waals surface area contributed by atoms with Crippen LogP contribution < -0.4 is 24.2 Å². The van der Waals surface area contributed by atoms with Gasteiger partial charge in [-0.2, -0.15) is 13.2 Å². The molecule has 186 valence electrons. The first kappa shape index (κ1) is 27.2. The second-order valence-electron chi connectivity index (χ2n) is 6.57. The molecule has 0 saturated heterocycles. The van der Waals surface area contributed by atoms with Crippen LogP contribution >= 0.6 is 12.4 Å². The minimum atomic E-state index is -4.59. The number of anilines is 2. The molecule has 2 aromatic carbocycles. The quantitative estimate of drug-likeness (QED) is 0.433. The first-order valence-corrected chi connectivity index (χ1v) is 11.1. The van der Waals surface area contributed by atoms with Crippen LogP contribution in [0.1, 0.15) is 6.92 Å². The van der Waals surface area contributed by atoms with Crippen molar-refractivity contribution < 1.29 is 35.8 Å². The number of ether oxygens (including phenoxy) is 3. The maximum atomic E-state index is 12.7. The zero-order valence-electron chi connectivity index (χ0n) is 18.3. The zero-order valence-corrected chi connectivity index (χ0v) is 19.9. The van der Waals surface area contributed by atoms with E-state index < -0.39 is 22.8 Å². The van der Waals surface area contributed by atoms with Crippen LogP contribution in [0.2, 0.25) is 0 Å². The summed E-state index contributed by atoms with van der Waals surface area (Å²) in [7, 11) is -1.18. The Hall–Kier alpha value is -3.03. The van der Waals surface area contributed by atoms with Gasteiger partial charge in [0, 0.05) is 11.5 Å². The summed E-state index contributed by atoms with van der Waals surface area (Å²) >= 11 is 0. The minimum Gasteiger partial charge on any atom is -0.493 e. The van der Waals surface area contributed by atoms with E-state index in [2.05, 4.69) is 20.0 Å². The number of nitrogens with one attached hydrogen (secondary N) is 2. The second kappa shape index (κ2) is 10.9. The molecule has 0 aliphatic heterocycles. The van der Waals surface area contributed by atoms with Crippen molar-refractivity contribution in [1.82, 2.24) is 14.7 Å². The van der Waals surface area contributed by atoms with Crippen molar-refractivity contribution in [3.05, 3.63) is 36.7 Å². The highest BCUT2D eigenvalue weighted by Crippen LogP contribution is 2.37. The van der Waals surface area contributed by atoms with Gasteiger partial charge in [-0.25, -0.2) is 23.1 Å². The van der Waals surface area contributed by atoms with Crippen LogP contribution in [0.5, 0.6) is 17.2 Å². The summed E-state index contributed by atoms with van der Waals surface area (Å²) in [6, 6.07) is 6.66. The van der Waals surface area contributed by atoms with Gasteiger partial charge in [0.2, 0.25) is 10.0 Å². The van der Waals surface area contributed by atoms with E-state index in [4.69, 9.17) is 14.2 Å². The number of halogens is 4. The van der Waals surface area contributed by atoms with E-state index in [0.29, 0.717) is 29.0 Å². The van der Waals surface area contributed by atoms with E-state index >= 15 is 0 Å². The third kappa shape index (κ3) is 6.30. The zero-order chi connectivity index (χ0) is 24.2. The summed E-state index contributed by atoms with van der Waals surface area (Å²) in [5, 5.41) is 3.33. The van der Waals surface area contributed by atoms with E-state index in [1.807, 2.05) is 0 Å². The molecule has 34 heavy (non-hydrogen) atoms. The second-order valence-corrected chi connectivity index (χ2v) is 8.46. The molecular formula is C20H22ClF3N4O5S. The van der Waals surface area contributed by atoms with E-state index in [0.717, 1.165) is 18.2 Å². The molecule has 3 aromatic rings. The van der Waals surface area contributed by atoms with Gasteiger partial charge in [0.15, 0.2) is 18.1 Å². The fraction of sp³-hybridized carbons (Fsp3) is 0.300. The Morgan fingerprint density at radius 2 is 1.76 bits per heavy atom. The Kier molecular flexibility index (Phi) is 8.75. The number of alkyl halides is 3. The molecule has 2 N–H and O–H groups in total. The summed E-state index contributed by atoms with van der Waals surface area (Å²) in [6.45, 7) is 0.593. The third-order valence-electron chi connectivity index (χ3n) is 4.40. The number of hydrogen-bond donors (Lipinski definition) is 2. The lowest BCUT2D eigenvalue weighted by molar-refractivity contribution is -0.153. The average Bonchev–Trinajstić information content (AvgIpc) is 2.77. The number of nitrogens with zero attached hydrogens (tertiary/aromatic N) is 2. The molecule has 0 spiro atoms. The minimum absolute atomic E-state index is 0. The lowest BCUT2D eigenvalue weighted by Crippen LogP contribution is -2.20. The van der Waals surface area contributed by atoms with Crippen molar-refractivity contribution in [2.45, 2.75) is 18.0 Å². The van der Waals surface area contributed by atoms with Crippen molar-refractivity contribution in [1.29, 1.82) is 0 Å². The van der Waals surface area contributed by atoms with Crippen molar-refractivity contribution in [2.75, 3.05) is 32.7 Å². The van der Waals surface area contributed by atoms with Gasteiger partial charge in [0.1, 0.15) is 17.9 Å². The summed E-state index contributed by atoms with van der Waals surface area (Å²) in [6.07, 6.45) is -3.34. The van der Waals surface area contributed by atoms with Crippen LogP contribution in [0.3, 0.4) is 0 Å². The van der Waals surface area contributed by atoms with Gasteiger partial charge >= 0.3 is 6.18 Å². The van der Waals surface area contributed by atoms with Gasteiger partial charge < -0.3 is 19.5 Å². The maximum Gasteiger partial charge on any atom is 0.422 e. The molecule has 0 unspecified atom stereocenters. The van der Waals surface area contributed by atoms with E-state index in [1.54, 1.807) is 19.1 Å². The van der Waals surface area contributed by atoms with Crippen LogP contribution in [0.25, 0.3) is 10.9 Å². The lowest BCUT2D eigenvalue weighted by Gasteiger charge is -2.17. The van der Waals surface area contributed by atoms with Crippen LogP contribution in [0.4, 0.5) is 24.7 Å². The molecule has 3 rings (SSSR count). The molecule has 0 saturated carbocycles. The number of rotatable bonds is 9. The molecular weight excluding hydrogens is 501 g/mol. The normalized spacial score (nSPS) is 11.6. The molecule has 0 radical (unpaired) electrons. The Balaban J connectivity index is 0.00000408. The third-order valence-corrected chi connectivity index (χ3v) is 5.81. The number of aromatic nitrogens is 2. The van der Waals surface area contributed by atoms with Crippen LogP contribution in [-0.4, -0.2) is 51.9 Å². The van der Waals surface area contributed by atoms with Gasteiger partial charge in [-0.3, -0.25) is 0 Å². The number of methoxy groups -OCH3 is 1. The predicted octanol–water partition coefficient (Wildman–Crippen LogP) is 4.05. The number of fused-ring (bicyclic) bond motifs is 1. The van der Waals surface area contributed by atoms with Gasteiger partial charge in [-0.05, 0) is 38.2 Å². The van der Waals surface area contributed by atoms with Crippen molar-refractivity contribution in [3.63, 3.8) is 0 Å². The highest BCUT2D eigenvalue weighted by molar-refractivity contribution is 7.89. The first-order chi connectivity index (χ1) is 15.6. The van der Waals surface area contributed by atoms with Crippen molar-refractivity contribution in [3.8, 4) is 17.2 Å². The number of benzene rings is 2. The van der Waals surface area contributed by atoms with Gasteiger partial charge in [0.25, 0.3) is 0 Å². The molecule has 0 atom stereocenters. The van der Waals surface area contributed by atoms with E-state index in [-0.39, 0.29) is 34.6 Å². The SMILES string of the molecule is CCOc1cc2c(Nc3cc(S(=O)(=O)NC)ccc3OCC(F)(F)F)ncnc2cc1OC.Cl. The summed E-state index contributed by atoms with van der Waals surface area (Å²) in [4.78, 5) is 8.16. The molecule has 0 aliphatic rings. The fourth-order valence-corrected chi connectivity index (χ4v) is 3.65. The highest BCUT2D eigenvalue weighted by atomic mass is 35.5. The maximum absolute atomic E-state index is 12.7. The monoisotopic (exact) mass is 522 g/mol.